The number of esters is 1. The molecule has 0 fully saturated rings. The van der Waals surface area contributed by atoms with E-state index in [0.29, 0.717) is 23.2 Å². The lowest BCUT2D eigenvalue weighted by atomic mass is 10.1. The third kappa shape index (κ3) is 4.74. The summed E-state index contributed by atoms with van der Waals surface area (Å²) in [6.45, 7) is -0.0886. The van der Waals surface area contributed by atoms with Gasteiger partial charge >= 0.3 is 5.97 Å². The summed E-state index contributed by atoms with van der Waals surface area (Å²) < 4.78 is 10.3. The maximum atomic E-state index is 12.4. The van der Waals surface area contributed by atoms with E-state index in [0.717, 1.165) is 5.56 Å². The number of hydrogen-bond donors (Lipinski definition) is 1. The number of nitrogens with one attached hydrogen (secondary N) is 1. The second kappa shape index (κ2) is 8.51. The summed E-state index contributed by atoms with van der Waals surface area (Å²) in [6.07, 6.45) is 0. The third-order valence-corrected chi connectivity index (χ3v) is 4.06. The van der Waals surface area contributed by atoms with Crippen LogP contribution < -0.4 is 10.1 Å². The molecular weight excluding hydrogens is 368 g/mol. The highest BCUT2D eigenvalue weighted by molar-refractivity contribution is 6.30. The van der Waals surface area contributed by atoms with E-state index in [9.17, 15) is 9.59 Å². The molecule has 0 spiro atoms. The lowest BCUT2D eigenvalue weighted by molar-refractivity contribution is -0.124. The van der Waals surface area contributed by atoms with Crippen molar-refractivity contribution in [1.82, 2.24) is 10.3 Å². The summed E-state index contributed by atoms with van der Waals surface area (Å²) in [5, 5.41) is 3.49. The molecule has 7 heteroatoms. The summed E-state index contributed by atoms with van der Waals surface area (Å²) in [4.78, 5) is 28.5. The fourth-order valence-electron chi connectivity index (χ4n) is 2.55. The minimum atomic E-state index is -0.632. The molecule has 1 N–H and O–H groups in total. The Morgan fingerprint density at radius 1 is 1.11 bits per heavy atom. The highest BCUT2D eigenvalue weighted by Crippen LogP contribution is 2.21. The Bertz CT molecular complexity index is 991. The Morgan fingerprint density at radius 2 is 1.93 bits per heavy atom. The summed E-state index contributed by atoms with van der Waals surface area (Å²) >= 11 is 5.96. The van der Waals surface area contributed by atoms with Gasteiger partial charge in [-0.05, 0) is 29.8 Å². The smallest absolute Gasteiger partial charge is 0.339 e. The molecule has 0 atom stereocenters. The van der Waals surface area contributed by atoms with Gasteiger partial charge < -0.3 is 14.8 Å². The number of halogens is 1. The molecule has 1 amide bonds. The molecule has 0 saturated heterocycles. The molecule has 0 unspecified atom stereocenters. The van der Waals surface area contributed by atoms with Gasteiger partial charge in [-0.15, -0.1) is 0 Å². The number of amides is 1. The van der Waals surface area contributed by atoms with Crippen LogP contribution in [0.4, 0.5) is 0 Å². The van der Waals surface area contributed by atoms with Crippen LogP contribution in [0.15, 0.2) is 54.6 Å². The topological polar surface area (TPSA) is 77.5 Å². The summed E-state index contributed by atoms with van der Waals surface area (Å²) in [5.74, 6) is -0.336. The molecule has 0 aliphatic carbocycles. The minimum absolute atomic E-state index is 0.183. The van der Waals surface area contributed by atoms with Crippen LogP contribution in [0.1, 0.15) is 15.9 Å². The Morgan fingerprint density at radius 3 is 2.74 bits per heavy atom. The van der Waals surface area contributed by atoms with Gasteiger partial charge in [-0.1, -0.05) is 41.9 Å². The van der Waals surface area contributed by atoms with Crippen molar-refractivity contribution in [2.75, 3.05) is 13.7 Å². The number of benzene rings is 2. The van der Waals surface area contributed by atoms with Crippen molar-refractivity contribution in [3.8, 4) is 5.75 Å². The van der Waals surface area contributed by atoms with E-state index in [2.05, 4.69) is 10.3 Å². The zero-order valence-electron chi connectivity index (χ0n) is 14.6. The molecule has 27 heavy (non-hydrogen) atoms. The molecule has 1 aromatic heterocycles. The van der Waals surface area contributed by atoms with E-state index >= 15 is 0 Å². The minimum Gasteiger partial charge on any atom is -0.497 e. The number of rotatable bonds is 6. The molecular formula is C20H17ClN2O4. The second-order valence-electron chi connectivity index (χ2n) is 5.71. The van der Waals surface area contributed by atoms with Crippen molar-refractivity contribution >= 4 is 34.4 Å². The number of carbonyl (C=O) groups excluding carboxylic acids is 2. The number of hydrogen-bond acceptors (Lipinski definition) is 5. The van der Waals surface area contributed by atoms with Crippen LogP contribution in [-0.2, 0) is 16.1 Å². The molecule has 138 valence electrons. The Kier molecular flexibility index (Phi) is 5.88. The first-order valence-electron chi connectivity index (χ1n) is 8.19. The Hall–Kier alpha value is -3.12. The summed E-state index contributed by atoms with van der Waals surface area (Å²) in [6, 6.07) is 15.8. The lowest BCUT2D eigenvalue weighted by Gasteiger charge is -2.09. The summed E-state index contributed by atoms with van der Waals surface area (Å²) in [5.41, 5.74) is 1.73. The van der Waals surface area contributed by atoms with Crippen molar-refractivity contribution in [3.63, 3.8) is 0 Å². The number of carbonyl (C=O) groups is 2. The van der Waals surface area contributed by atoms with Crippen LogP contribution in [0.5, 0.6) is 5.75 Å². The average Bonchev–Trinajstić information content (AvgIpc) is 2.69. The van der Waals surface area contributed by atoms with E-state index in [-0.39, 0.29) is 10.7 Å². The number of nitrogens with zero attached hydrogens (tertiary/aromatic N) is 1. The fraction of sp³-hybridized carbons (Fsp3) is 0.150. The number of para-hydroxylation sites is 1. The SMILES string of the molecule is COc1cccc(CNC(=O)COC(=O)c2cc(Cl)nc3ccccc23)c1. The van der Waals surface area contributed by atoms with E-state index in [4.69, 9.17) is 21.1 Å². The van der Waals surface area contributed by atoms with Crippen LogP contribution in [0, 0.1) is 0 Å². The number of ether oxygens (including phenoxy) is 2. The lowest BCUT2D eigenvalue weighted by Crippen LogP contribution is -2.28. The molecule has 1 heterocycles. The van der Waals surface area contributed by atoms with Crippen LogP contribution >= 0.6 is 11.6 Å². The molecule has 3 rings (SSSR count). The first kappa shape index (κ1) is 18.7. The van der Waals surface area contributed by atoms with E-state index in [1.165, 1.54) is 6.07 Å². The average molecular weight is 385 g/mol. The van der Waals surface area contributed by atoms with Crippen molar-refractivity contribution in [2.45, 2.75) is 6.54 Å². The van der Waals surface area contributed by atoms with Crippen molar-refractivity contribution in [3.05, 3.63) is 70.9 Å². The van der Waals surface area contributed by atoms with Gasteiger partial charge in [-0.3, -0.25) is 4.79 Å². The van der Waals surface area contributed by atoms with Crippen LogP contribution in [0.3, 0.4) is 0 Å². The van der Waals surface area contributed by atoms with Gasteiger partial charge in [0.2, 0.25) is 0 Å². The van der Waals surface area contributed by atoms with Gasteiger partial charge in [0.15, 0.2) is 6.61 Å². The van der Waals surface area contributed by atoms with Gasteiger partial charge in [0.05, 0.1) is 18.2 Å². The maximum Gasteiger partial charge on any atom is 0.339 e. The van der Waals surface area contributed by atoms with Gasteiger partial charge in [-0.25, -0.2) is 9.78 Å². The number of aromatic nitrogens is 1. The van der Waals surface area contributed by atoms with Gasteiger partial charge in [0, 0.05) is 11.9 Å². The fourth-order valence-corrected chi connectivity index (χ4v) is 2.76. The Labute approximate surface area is 161 Å². The predicted molar refractivity (Wildman–Crippen MR) is 102 cm³/mol. The second-order valence-corrected chi connectivity index (χ2v) is 6.10. The van der Waals surface area contributed by atoms with Crippen LogP contribution in [-0.4, -0.2) is 30.6 Å². The zero-order chi connectivity index (χ0) is 19.2. The quantitative estimate of drug-likeness (QED) is 0.520. The normalized spacial score (nSPS) is 10.4. The van der Waals surface area contributed by atoms with Gasteiger partial charge in [0.25, 0.3) is 5.91 Å². The molecule has 3 aromatic rings. The molecule has 0 bridgehead atoms. The van der Waals surface area contributed by atoms with Crippen LogP contribution in [0.25, 0.3) is 10.9 Å². The van der Waals surface area contributed by atoms with Crippen LogP contribution in [0.2, 0.25) is 5.15 Å². The standard InChI is InChI=1S/C20H17ClN2O4/c1-26-14-6-4-5-13(9-14)11-22-19(24)12-27-20(25)16-10-18(21)23-17-8-3-2-7-15(16)17/h2-10H,11-12H2,1H3,(H,22,24). The first-order chi connectivity index (χ1) is 13.1. The molecule has 0 radical (unpaired) electrons. The van der Waals surface area contributed by atoms with Crippen molar-refractivity contribution in [2.24, 2.45) is 0 Å². The number of fused-ring (bicyclic) bond motifs is 1. The number of methoxy groups -OCH3 is 1. The highest BCUT2D eigenvalue weighted by Gasteiger charge is 2.15. The first-order valence-corrected chi connectivity index (χ1v) is 8.56. The third-order valence-electron chi connectivity index (χ3n) is 3.86. The van der Waals surface area contributed by atoms with Gasteiger partial charge in [-0.2, -0.15) is 0 Å². The summed E-state index contributed by atoms with van der Waals surface area (Å²) in [7, 11) is 1.58. The molecule has 0 aliphatic rings. The van der Waals surface area contributed by atoms with Gasteiger partial charge in [0.1, 0.15) is 10.9 Å². The van der Waals surface area contributed by atoms with E-state index in [1.807, 2.05) is 24.3 Å². The number of pyridine rings is 1. The predicted octanol–water partition coefficient (Wildman–Crippen LogP) is 3.37. The molecule has 2 aromatic carbocycles. The highest BCUT2D eigenvalue weighted by atomic mass is 35.5. The molecule has 0 aliphatic heterocycles. The van der Waals surface area contributed by atoms with Crippen molar-refractivity contribution < 1.29 is 19.1 Å². The Balaban J connectivity index is 1.60. The molecule has 0 saturated carbocycles. The maximum absolute atomic E-state index is 12.4. The zero-order valence-corrected chi connectivity index (χ0v) is 15.3. The van der Waals surface area contributed by atoms with E-state index < -0.39 is 18.5 Å². The monoisotopic (exact) mass is 384 g/mol. The molecule has 6 nitrogen and oxygen atoms in total. The largest absolute Gasteiger partial charge is 0.497 e. The van der Waals surface area contributed by atoms with E-state index in [1.54, 1.807) is 31.4 Å². The van der Waals surface area contributed by atoms with Crippen molar-refractivity contribution in [1.29, 1.82) is 0 Å².